The van der Waals surface area contributed by atoms with Crippen molar-refractivity contribution in [1.82, 2.24) is 0 Å². The number of anilines is 1. The lowest BCUT2D eigenvalue weighted by Gasteiger charge is -2.24. The molecule has 0 aromatic heterocycles. The number of rotatable bonds is 3. The van der Waals surface area contributed by atoms with Gasteiger partial charge in [0, 0.05) is 29.7 Å². The normalized spacial score (nSPS) is 19.9. The van der Waals surface area contributed by atoms with E-state index in [-0.39, 0.29) is 15.4 Å². The fraction of sp³-hybridized carbons (Fsp3) is 0.600. The van der Waals surface area contributed by atoms with Gasteiger partial charge in [-0.1, -0.05) is 19.9 Å². The van der Waals surface area contributed by atoms with Crippen molar-refractivity contribution in [2.75, 3.05) is 23.7 Å². The summed E-state index contributed by atoms with van der Waals surface area (Å²) in [6, 6.07) is 5.03. The van der Waals surface area contributed by atoms with E-state index in [1.807, 2.05) is 11.8 Å². The lowest BCUT2D eigenvalue weighted by Crippen LogP contribution is -2.27. The van der Waals surface area contributed by atoms with Gasteiger partial charge in [0.05, 0.1) is 11.0 Å². The summed E-state index contributed by atoms with van der Waals surface area (Å²) < 4.78 is 0.211. The van der Waals surface area contributed by atoms with Crippen LogP contribution in [0.3, 0.4) is 0 Å². The Balaban J connectivity index is 2.32. The summed E-state index contributed by atoms with van der Waals surface area (Å²) in [7, 11) is 0. The molecule has 1 aliphatic heterocycles. The number of thioether (sulfide) groups is 1. The molecule has 1 saturated heterocycles. The molecule has 0 saturated carbocycles. The maximum Gasteiger partial charge on any atom is 0.292 e. The summed E-state index contributed by atoms with van der Waals surface area (Å²) in [5.41, 5.74) is 1.32. The second kappa shape index (κ2) is 6.23. The van der Waals surface area contributed by atoms with Gasteiger partial charge in [0.2, 0.25) is 0 Å². The van der Waals surface area contributed by atoms with Crippen LogP contribution < -0.4 is 4.90 Å². The summed E-state index contributed by atoms with van der Waals surface area (Å²) >= 11 is 1.91. The molecule has 1 heterocycles. The highest BCUT2D eigenvalue weighted by Gasteiger charge is 2.27. The Bertz CT molecular complexity index is 532. The number of hydrogen-bond acceptors (Lipinski definition) is 5. The fourth-order valence-electron chi connectivity index (χ4n) is 2.48. The standard InChI is InChI=1S/C15H22N2O3S/c1-11(18)12-4-5-13(14(10-12)17(19)20)16-7-6-15(2,3)21-9-8-16/h4-5,10-11,18H,6-9H2,1-3H3. The minimum atomic E-state index is -0.698. The predicted molar refractivity (Wildman–Crippen MR) is 87.1 cm³/mol. The number of aliphatic hydroxyl groups excluding tert-OH is 1. The van der Waals surface area contributed by atoms with Gasteiger partial charge in [0.1, 0.15) is 5.69 Å². The van der Waals surface area contributed by atoms with Gasteiger partial charge in [-0.2, -0.15) is 11.8 Å². The molecule has 1 aliphatic rings. The highest BCUT2D eigenvalue weighted by Crippen LogP contribution is 2.36. The van der Waals surface area contributed by atoms with Crippen molar-refractivity contribution in [3.63, 3.8) is 0 Å². The largest absolute Gasteiger partial charge is 0.389 e. The number of aliphatic hydroxyl groups is 1. The maximum atomic E-state index is 11.3. The quantitative estimate of drug-likeness (QED) is 0.685. The van der Waals surface area contributed by atoms with Gasteiger partial charge >= 0.3 is 0 Å². The van der Waals surface area contributed by atoms with E-state index < -0.39 is 6.10 Å². The number of benzene rings is 1. The molecule has 0 aliphatic carbocycles. The van der Waals surface area contributed by atoms with E-state index >= 15 is 0 Å². The lowest BCUT2D eigenvalue weighted by atomic mass is 10.1. The summed E-state index contributed by atoms with van der Waals surface area (Å²) in [4.78, 5) is 13.1. The van der Waals surface area contributed by atoms with Crippen LogP contribution in [0.2, 0.25) is 0 Å². The number of nitro groups is 1. The summed E-state index contributed by atoms with van der Waals surface area (Å²) in [5.74, 6) is 0.961. The first-order valence-electron chi connectivity index (χ1n) is 7.15. The molecule has 116 valence electrons. The molecule has 2 rings (SSSR count). The van der Waals surface area contributed by atoms with Crippen LogP contribution in [0.4, 0.5) is 11.4 Å². The van der Waals surface area contributed by atoms with Gasteiger partial charge in [0.15, 0.2) is 0 Å². The van der Waals surface area contributed by atoms with E-state index in [0.717, 1.165) is 25.3 Å². The van der Waals surface area contributed by atoms with Crippen LogP contribution in [0.5, 0.6) is 0 Å². The van der Waals surface area contributed by atoms with E-state index in [0.29, 0.717) is 11.3 Å². The van der Waals surface area contributed by atoms with Crippen LogP contribution in [-0.2, 0) is 0 Å². The highest BCUT2D eigenvalue weighted by molar-refractivity contribution is 8.00. The summed E-state index contributed by atoms with van der Waals surface area (Å²) in [6.45, 7) is 7.67. The third kappa shape index (κ3) is 3.89. The zero-order valence-electron chi connectivity index (χ0n) is 12.7. The van der Waals surface area contributed by atoms with Crippen molar-refractivity contribution in [3.05, 3.63) is 33.9 Å². The van der Waals surface area contributed by atoms with Crippen molar-refractivity contribution in [3.8, 4) is 0 Å². The topological polar surface area (TPSA) is 66.6 Å². The second-order valence-electron chi connectivity index (χ2n) is 6.03. The van der Waals surface area contributed by atoms with Gasteiger partial charge in [0.25, 0.3) is 5.69 Å². The predicted octanol–water partition coefficient (Wildman–Crippen LogP) is 3.37. The molecule has 1 aromatic carbocycles. The number of nitrogens with zero attached hydrogens (tertiary/aromatic N) is 2. The van der Waals surface area contributed by atoms with Crippen LogP contribution in [0.25, 0.3) is 0 Å². The molecular formula is C15H22N2O3S. The molecule has 0 amide bonds. The van der Waals surface area contributed by atoms with E-state index in [2.05, 4.69) is 18.7 Å². The molecular weight excluding hydrogens is 288 g/mol. The van der Waals surface area contributed by atoms with Crippen molar-refractivity contribution in [1.29, 1.82) is 0 Å². The van der Waals surface area contributed by atoms with Gasteiger partial charge in [-0.15, -0.1) is 0 Å². The Labute approximate surface area is 129 Å². The Morgan fingerprint density at radius 1 is 1.43 bits per heavy atom. The zero-order valence-corrected chi connectivity index (χ0v) is 13.5. The van der Waals surface area contributed by atoms with Crippen LogP contribution in [0.1, 0.15) is 38.9 Å². The Hall–Kier alpha value is -1.27. The Morgan fingerprint density at radius 2 is 2.14 bits per heavy atom. The number of hydrogen-bond donors (Lipinski definition) is 1. The molecule has 1 unspecified atom stereocenters. The van der Waals surface area contributed by atoms with Crippen molar-refractivity contribution < 1.29 is 10.0 Å². The van der Waals surface area contributed by atoms with Crippen LogP contribution >= 0.6 is 11.8 Å². The molecule has 1 aromatic rings. The molecule has 1 N–H and O–H groups in total. The molecule has 0 spiro atoms. The summed E-state index contributed by atoms with van der Waals surface area (Å²) in [5, 5.41) is 20.9. The first-order valence-corrected chi connectivity index (χ1v) is 8.14. The minimum absolute atomic E-state index is 0.0816. The van der Waals surface area contributed by atoms with Gasteiger partial charge in [-0.05, 0) is 25.0 Å². The first kappa shape index (κ1) is 16.1. The molecule has 1 atom stereocenters. The smallest absolute Gasteiger partial charge is 0.292 e. The van der Waals surface area contributed by atoms with E-state index in [1.54, 1.807) is 19.1 Å². The van der Waals surface area contributed by atoms with Gasteiger partial charge < -0.3 is 10.0 Å². The van der Waals surface area contributed by atoms with Gasteiger partial charge in [-0.3, -0.25) is 10.1 Å². The Morgan fingerprint density at radius 3 is 2.76 bits per heavy atom. The van der Waals surface area contributed by atoms with Crippen LogP contribution in [-0.4, -0.2) is 33.6 Å². The van der Waals surface area contributed by atoms with Crippen LogP contribution in [0.15, 0.2) is 18.2 Å². The summed E-state index contributed by atoms with van der Waals surface area (Å²) in [6.07, 6.45) is 0.295. The molecule has 0 bridgehead atoms. The first-order chi connectivity index (χ1) is 9.80. The maximum absolute atomic E-state index is 11.3. The average Bonchev–Trinajstić information content (AvgIpc) is 2.59. The van der Waals surface area contributed by atoms with E-state index in [4.69, 9.17) is 0 Å². The molecule has 6 heteroatoms. The highest BCUT2D eigenvalue weighted by atomic mass is 32.2. The molecule has 1 fully saturated rings. The van der Waals surface area contributed by atoms with Crippen molar-refractivity contribution in [2.45, 2.75) is 38.0 Å². The van der Waals surface area contributed by atoms with E-state index in [9.17, 15) is 15.2 Å². The zero-order chi connectivity index (χ0) is 15.6. The molecule has 5 nitrogen and oxygen atoms in total. The molecule has 0 radical (unpaired) electrons. The third-order valence-electron chi connectivity index (χ3n) is 3.86. The van der Waals surface area contributed by atoms with Crippen molar-refractivity contribution in [2.24, 2.45) is 0 Å². The van der Waals surface area contributed by atoms with Crippen molar-refractivity contribution >= 4 is 23.1 Å². The minimum Gasteiger partial charge on any atom is -0.389 e. The Kier molecular flexibility index (Phi) is 4.78. The fourth-order valence-corrected chi connectivity index (χ4v) is 3.58. The molecule has 21 heavy (non-hydrogen) atoms. The van der Waals surface area contributed by atoms with E-state index in [1.165, 1.54) is 6.07 Å². The SMILES string of the molecule is CC(O)c1ccc(N2CCSC(C)(C)CC2)c([N+](=O)[O-])c1. The second-order valence-corrected chi connectivity index (χ2v) is 7.83. The average molecular weight is 310 g/mol. The lowest BCUT2D eigenvalue weighted by molar-refractivity contribution is -0.384. The number of nitro benzene ring substituents is 1. The van der Waals surface area contributed by atoms with Gasteiger partial charge in [-0.25, -0.2) is 0 Å². The monoisotopic (exact) mass is 310 g/mol. The van der Waals surface area contributed by atoms with Crippen LogP contribution in [0, 0.1) is 10.1 Å². The third-order valence-corrected chi connectivity index (χ3v) is 5.23.